The molecule has 4 heteroatoms. The Morgan fingerprint density at radius 3 is 2.85 bits per heavy atom. The Bertz CT molecular complexity index is 291. The van der Waals surface area contributed by atoms with Crippen LogP contribution in [0.2, 0.25) is 0 Å². The van der Waals surface area contributed by atoms with Crippen LogP contribution in [0.4, 0.5) is 5.13 Å². The molecule has 2 N–H and O–H groups in total. The minimum Gasteiger partial charge on any atom is -0.348 e. The highest BCUT2D eigenvalue weighted by molar-refractivity contribution is 7.13. The highest BCUT2D eigenvalue weighted by Gasteiger charge is 2.28. The highest BCUT2D eigenvalue weighted by atomic mass is 32.1. The summed E-state index contributed by atoms with van der Waals surface area (Å²) >= 11 is 1.69. The van der Waals surface area contributed by atoms with E-state index in [9.17, 15) is 0 Å². The van der Waals surface area contributed by atoms with E-state index in [4.69, 9.17) is 5.73 Å². The Morgan fingerprint density at radius 1 is 1.69 bits per heavy atom. The van der Waals surface area contributed by atoms with Crippen LogP contribution in [-0.2, 0) is 0 Å². The van der Waals surface area contributed by atoms with Crippen LogP contribution >= 0.6 is 11.3 Å². The highest BCUT2D eigenvalue weighted by Crippen LogP contribution is 2.32. The number of hydrogen-bond donors (Lipinski definition) is 1. The molecule has 1 heterocycles. The summed E-state index contributed by atoms with van der Waals surface area (Å²) in [6, 6.07) is 0.782. The molecule has 1 aliphatic rings. The lowest BCUT2D eigenvalue weighted by molar-refractivity contribution is 0.783. The van der Waals surface area contributed by atoms with Crippen molar-refractivity contribution in [3.63, 3.8) is 0 Å². The summed E-state index contributed by atoms with van der Waals surface area (Å²) in [7, 11) is 2.11. The fourth-order valence-electron chi connectivity index (χ4n) is 1.27. The van der Waals surface area contributed by atoms with Crippen molar-refractivity contribution in [1.82, 2.24) is 4.98 Å². The van der Waals surface area contributed by atoms with Crippen LogP contribution in [0, 0.1) is 0 Å². The largest absolute Gasteiger partial charge is 0.348 e. The van der Waals surface area contributed by atoms with Gasteiger partial charge in [0.2, 0.25) is 0 Å². The van der Waals surface area contributed by atoms with E-state index in [1.165, 1.54) is 12.8 Å². The molecule has 0 saturated heterocycles. The molecule has 0 radical (unpaired) electrons. The Balaban J connectivity index is 2.11. The van der Waals surface area contributed by atoms with E-state index in [1.54, 1.807) is 11.3 Å². The van der Waals surface area contributed by atoms with Crippen molar-refractivity contribution in [2.75, 3.05) is 11.9 Å². The summed E-state index contributed by atoms with van der Waals surface area (Å²) in [4.78, 5) is 6.75. The third kappa shape index (κ3) is 1.84. The Kier molecular flexibility index (Phi) is 2.26. The number of nitrogens with two attached hydrogens (primary N) is 1. The molecule has 1 unspecified atom stereocenters. The number of anilines is 1. The van der Waals surface area contributed by atoms with Gasteiger partial charge in [-0.25, -0.2) is 4.98 Å². The van der Waals surface area contributed by atoms with Gasteiger partial charge >= 0.3 is 0 Å². The summed E-state index contributed by atoms with van der Waals surface area (Å²) in [5, 5.41) is 3.16. The fourth-order valence-corrected chi connectivity index (χ4v) is 2.23. The molecule has 13 heavy (non-hydrogen) atoms. The molecule has 0 aliphatic heterocycles. The van der Waals surface area contributed by atoms with Gasteiger partial charge in [0.1, 0.15) is 0 Å². The maximum Gasteiger partial charge on any atom is 0.185 e. The van der Waals surface area contributed by atoms with Crippen LogP contribution in [-0.4, -0.2) is 18.1 Å². The fraction of sp³-hybridized carbons (Fsp3) is 0.667. The summed E-state index contributed by atoms with van der Waals surface area (Å²) < 4.78 is 0. The van der Waals surface area contributed by atoms with E-state index < -0.39 is 0 Å². The third-order valence-electron chi connectivity index (χ3n) is 2.37. The first-order valence-electron chi connectivity index (χ1n) is 4.62. The predicted molar refractivity (Wildman–Crippen MR) is 56.1 cm³/mol. The quantitative estimate of drug-likeness (QED) is 0.803. The first-order chi connectivity index (χ1) is 6.18. The van der Waals surface area contributed by atoms with Crippen molar-refractivity contribution >= 4 is 16.5 Å². The minimum atomic E-state index is 0.0533. The van der Waals surface area contributed by atoms with Crippen LogP contribution in [0.1, 0.15) is 31.5 Å². The molecule has 0 spiro atoms. The Hall–Kier alpha value is -0.610. The zero-order chi connectivity index (χ0) is 9.42. The molecule has 72 valence electrons. The van der Waals surface area contributed by atoms with Gasteiger partial charge in [-0.1, -0.05) is 0 Å². The smallest absolute Gasteiger partial charge is 0.185 e. The van der Waals surface area contributed by atoms with Crippen LogP contribution in [0.5, 0.6) is 0 Å². The van der Waals surface area contributed by atoms with E-state index >= 15 is 0 Å². The number of thiazole rings is 1. The normalized spacial score (nSPS) is 18.7. The van der Waals surface area contributed by atoms with Crippen molar-refractivity contribution in [2.24, 2.45) is 5.73 Å². The number of nitrogens with zero attached hydrogens (tertiary/aromatic N) is 2. The van der Waals surface area contributed by atoms with Crippen LogP contribution in [0.15, 0.2) is 5.38 Å². The second-order valence-corrected chi connectivity index (χ2v) is 4.52. The average molecular weight is 197 g/mol. The van der Waals surface area contributed by atoms with E-state index in [0.29, 0.717) is 0 Å². The van der Waals surface area contributed by atoms with Crippen LogP contribution < -0.4 is 10.6 Å². The lowest BCUT2D eigenvalue weighted by Gasteiger charge is -2.13. The number of aromatic nitrogens is 1. The summed E-state index contributed by atoms with van der Waals surface area (Å²) in [6.45, 7) is 1.97. The molecule has 0 amide bonds. The van der Waals surface area contributed by atoms with Crippen molar-refractivity contribution in [2.45, 2.75) is 31.8 Å². The molecule has 1 aromatic rings. The van der Waals surface area contributed by atoms with Crippen LogP contribution in [0.3, 0.4) is 0 Å². The van der Waals surface area contributed by atoms with E-state index in [-0.39, 0.29) is 6.04 Å². The second-order valence-electron chi connectivity index (χ2n) is 3.69. The van der Waals surface area contributed by atoms with Crippen molar-refractivity contribution in [1.29, 1.82) is 0 Å². The standard InChI is InChI=1S/C9H15N3S/c1-6(10)8-5-13-9(11-8)12(2)7-3-4-7/h5-7H,3-4,10H2,1-2H3. The van der Waals surface area contributed by atoms with Crippen molar-refractivity contribution in [3.05, 3.63) is 11.1 Å². The number of rotatable bonds is 3. The zero-order valence-corrected chi connectivity index (χ0v) is 8.84. The molecule has 0 aromatic carbocycles. The molecule has 1 aliphatic carbocycles. The van der Waals surface area contributed by atoms with Gasteiger partial charge in [0, 0.05) is 24.5 Å². The lowest BCUT2D eigenvalue weighted by atomic mass is 10.3. The van der Waals surface area contributed by atoms with Crippen molar-refractivity contribution < 1.29 is 0 Å². The molecule has 1 atom stereocenters. The molecule has 2 rings (SSSR count). The van der Waals surface area contributed by atoms with Gasteiger partial charge in [0.05, 0.1) is 5.69 Å². The van der Waals surface area contributed by atoms with Gasteiger partial charge in [0.15, 0.2) is 5.13 Å². The zero-order valence-electron chi connectivity index (χ0n) is 8.03. The second kappa shape index (κ2) is 3.27. The van der Waals surface area contributed by atoms with Gasteiger partial charge in [-0.3, -0.25) is 0 Å². The molecular weight excluding hydrogens is 182 g/mol. The van der Waals surface area contributed by atoms with Gasteiger partial charge < -0.3 is 10.6 Å². The SMILES string of the molecule is CC(N)c1csc(N(C)C2CC2)n1. The van der Waals surface area contributed by atoms with E-state index in [2.05, 4.69) is 22.3 Å². The predicted octanol–water partition coefficient (Wildman–Crippen LogP) is 1.76. The summed E-state index contributed by atoms with van der Waals surface area (Å²) in [5.74, 6) is 0. The lowest BCUT2D eigenvalue weighted by Crippen LogP contribution is -2.19. The van der Waals surface area contributed by atoms with E-state index in [1.807, 2.05) is 6.92 Å². The van der Waals surface area contributed by atoms with Gasteiger partial charge in [0.25, 0.3) is 0 Å². The molecule has 3 nitrogen and oxygen atoms in total. The third-order valence-corrected chi connectivity index (χ3v) is 3.32. The molecule has 1 saturated carbocycles. The van der Waals surface area contributed by atoms with Gasteiger partial charge in [-0.2, -0.15) is 0 Å². The van der Waals surface area contributed by atoms with Gasteiger partial charge in [-0.15, -0.1) is 11.3 Å². The van der Waals surface area contributed by atoms with E-state index in [0.717, 1.165) is 16.9 Å². The Morgan fingerprint density at radius 2 is 2.38 bits per heavy atom. The topological polar surface area (TPSA) is 42.1 Å². The van der Waals surface area contributed by atoms with Crippen molar-refractivity contribution in [3.8, 4) is 0 Å². The first kappa shape index (κ1) is 8.97. The molecular formula is C9H15N3S. The first-order valence-corrected chi connectivity index (χ1v) is 5.50. The molecule has 1 fully saturated rings. The maximum atomic E-state index is 5.74. The minimum absolute atomic E-state index is 0.0533. The average Bonchev–Trinajstić information content (AvgIpc) is 2.81. The van der Waals surface area contributed by atoms with Gasteiger partial charge in [-0.05, 0) is 19.8 Å². The summed E-state index contributed by atoms with van der Waals surface area (Å²) in [5.41, 5.74) is 6.75. The summed E-state index contributed by atoms with van der Waals surface area (Å²) in [6.07, 6.45) is 2.62. The molecule has 0 bridgehead atoms. The monoisotopic (exact) mass is 197 g/mol. The molecule has 1 aromatic heterocycles. The number of hydrogen-bond acceptors (Lipinski definition) is 4. The van der Waals surface area contributed by atoms with Crippen LogP contribution in [0.25, 0.3) is 0 Å². The maximum absolute atomic E-state index is 5.74. The Labute approximate surface area is 82.6 Å².